The van der Waals surface area contributed by atoms with E-state index in [0.717, 1.165) is 5.56 Å². The fourth-order valence-electron chi connectivity index (χ4n) is 1.50. The van der Waals surface area contributed by atoms with Crippen LogP contribution < -0.4 is 4.74 Å². The second-order valence-corrected chi connectivity index (χ2v) is 3.81. The molecule has 0 bridgehead atoms. The monoisotopic (exact) mass is 259 g/mol. The Balaban J connectivity index is 2.16. The van der Waals surface area contributed by atoms with Gasteiger partial charge in [0.05, 0.1) is 25.5 Å². The van der Waals surface area contributed by atoms with E-state index in [4.69, 9.17) is 9.84 Å². The van der Waals surface area contributed by atoms with Crippen LogP contribution in [-0.4, -0.2) is 23.2 Å². The Hall–Kier alpha value is -2.40. The van der Waals surface area contributed by atoms with Crippen molar-refractivity contribution in [3.05, 3.63) is 53.9 Å². The van der Waals surface area contributed by atoms with Crippen LogP contribution in [0.3, 0.4) is 0 Å². The first-order valence-corrected chi connectivity index (χ1v) is 5.64. The predicted molar refractivity (Wildman–Crippen MR) is 68.0 cm³/mol. The van der Waals surface area contributed by atoms with Crippen LogP contribution in [-0.2, 0) is 11.3 Å². The molecule has 0 spiro atoms. The lowest BCUT2D eigenvalue weighted by Crippen LogP contribution is -2.01. The van der Waals surface area contributed by atoms with Gasteiger partial charge in [0, 0.05) is 6.20 Å². The number of carbonyl (C=O) groups is 1. The molecule has 1 aromatic carbocycles. The molecule has 0 unspecified atom stereocenters. The number of pyridine rings is 1. The van der Waals surface area contributed by atoms with Crippen molar-refractivity contribution in [2.45, 2.75) is 6.61 Å². The molecule has 5 nitrogen and oxygen atoms in total. The number of aliphatic hydroxyl groups excluding tert-OH is 1. The molecule has 5 heteroatoms. The Kier molecular flexibility index (Phi) is 4.10. The largest absolute Gasteiger partial charge is 0.465 e. The summed E-state index contributed by atoms with van der Waals surface area (Å²) in [7, 11) is 1.31. The normalized spacial score (nSPS) is 10.0. The minimum absolute atomic E-state index is 0.0142. The van der Waals surface area contributed by atoms with Gasteiger partial charge in [-0.1, -0.05) is 12.1 Å². The van der Waals surface area contributed by atoms with Crippen molar-refractivity contribution in [3.63, 3.8) is 0 Å². The molecule has 1 N–H and O–H groups in total. The summed E-state index contributed by atoms with van der Waals surface area (Å²) in [6.45, 7) is -0.0142. The van der Waals surface area contributed by atoms with Crippen molar-refractivity contribution in [1.82, 2.24) is 4.98 Å². The zero-order valence-electron chi connectivity index (χ0n) is 10.4. The van der Waals surface area contributed by atoms with Gasteiger partial charge in [-0.05, 0) is 23.8 Å². The first-order valence-electron chi connectivity index (χ1n) is 5.64. The van der Waals surface area contributed by atoms with Crippen LogP contribution in [0.1, 0.15) is 15.9 Å². The van der Waals surface area contributed by atoms with Gasteiger partial charge in [0.2, 0.25) is 0 Å². The van der Waals surface area contributed by atoms with Crippen LogP contribution in [0.2, 0.25) is 0 Å². The van der Waals surface area contributed by atoms with Crippen LogP contribution in [0.4, 0.5) is 0 Å². The number of hydrogen-bond donors (Lipinski definition) is 1. The lowest BCUT2D eigenvalue weighted by Gasteiger charge is -2.07. The second kappa shape index (κ2) is 5.97. The molecule has 0 atom stereocenters. The molecule has 0 aliphatic heterocycles. The Bertz CT molecular complexity index is 566. The van der Waals surface area contributed by atoms with Gasteiger partial charge in [-0.3, -0.25) is 4.98 Å². The molecule has 0 radical (unpaired) electrons. The molecule has 2 aromatic rings. The van der Waals surface area contributed by atoms with E-state index in [1.54, 1.807) is 30.3 Å². The van der Waals surface area contributed by atoms with Gasteiger partial charge >= 0.3 is 5.97 Å². The molecular weight excluding hydrogens is 246 g/mol. The molecule has 0 saturated heterocycles. The summed E-state index contributed by atoms with van der Waals surface area (Å²) < 4.78 is 10.2. The lowest BCUT2D eigenvalue weighted by atomic mass is 10.2. The maximum absolute atomic E-state index is 11.4. The molecule has 0 saturated carbocycles. The molecule has 2 rings (SSSR count). The molecular formula is C14H13NO4. The summed E-state index contributed by atoms with van der Waals surface area (Å²) in [4.78, 5) is 15.3. The highest BCUT2D eigenvalue weighted by Crippen LogP contribution is 2.22. The van der Waals surface area contributed by atoms with Crippen LogP contribution in [0, 0.1) is 0 Å². The highest BCUT2D eigenvalue weighted by Gasteiger charge is 2.07. The van der Waals surface area contributed by atoms with Crippen molar-refractivity contribution in [3.8, 4) is 11.5 Å². The van der Waals surface area contributed by atoms with E-state index in [1.807, 2.05) is 0 Å². The van der Waals surface area contributed by atoms with Crippen LogP contribution in [0.15, 0.2) is 42.7 Å². The molecule has 0 aliphatic rings. The van der Waals surface area contributed by atoms with Gasteiger partial charge in [-0.25, -0.2) is 4.79 Å². The summed E-state index contributed by atoms with van der Waals surface area (Å²) in [6.07, 6.45) is 2.92. The highest BCUT2D eigenvalue weighted by molar-refractivity contribution is 5.89. The maximum atomic E-state index is 11.4. The molecule has 0 fully saturated rings. The number of ether oxygens (including phenoxy) is 2. The number of aliphatic hydroxyl groups is 1. The molecule has 98 valence electrons. The van der Waals surface area contributed by atoms with E-state index in [2.05, 4.69) is 9.72 Å². The van der Waals surface area contributed by atoms with E-state index in [-0.39, 0.29) is 6.61 Å². The van der Waals surface area contributed by atoms with Gasteiger partial charge in [0.1, 0.15) is 11.5 Å². The average molecular weight is 259 g/mol. The fraction of sp³-hybridized carbons (Fsp3) is 0.143. The molecule has 1 aromatic heterocycles. The first-order chi connectivity index (χ1) is 9.22. The topological polar surface area (TPSA) is 68.7 Å². The molecule has 1 heterocycles. The predicted octanol–water partition coefficient (Wildman–Crippen LogP) is 2.15. The van der Waals surface area contributed by atoms with E-state index in [0.29, 0.717) is 17.1 Å². The smallest absolute Gasteiger partial charge is 0.339 e. The zero-order chi connectivity index (χ0) is 13.7. The fourth-order valence-corrected chi connectivity index (χ4v) is 1.50. The minimum atomic E-state index is -0.464. The van der Waals surface area contributed by atoms with Crippen molar-refractivity contribution >= 4 is 5.97 Å². The van der Waals surface area contributed by atoms with Crippen molar-refractivity contribution in [2.24, 2.45) is 0 Å². The van der Waals surface area contributed by atoms with Gasteiger partial charge in [-0.15, -0.1) is 0 Å². The van der Waals surface area contributed by atoms with E-state index < -0.39 is 5.97 Å². The summed E-state index contributed by atoms with van der Waals surface area (Å²) in [5.74, 6) is 0.578. The van der Waals surface area contributed by atoms with Crippen LogP contribution in [0.5, 0.6) is 11.5 Å². The third-order valence-corrected chi connectivity index (χ3v) is 2.48. The summed E-state index contributed by atoms with van der Waals surface area (Å²) >= 11 is 0. The second-order valence-electron chi connectivity index (χ2n) is 3.81. The van der Waals surface area contributed by atoms with E-state index >= 15 is 0 Å². The van der Waals surface area contributed by atoms with Crippen molar-refractivity contribution in [2.75, 3.05) is 7.11 Å². The number of methoxy groups -OCH3 is 1. The molecule has 0 aliphatic carbocycles. The minimum Gasteiger partial charge on any atom is -0.465 e. The van der Waals surface area contributed by atoms with Gasteiger partial charge in [-0.2, -0.15) is 0 Å². The number of esters is 1. The third kappa shape index (κ3) is 3.29. The summed E-state index contributed by atoms with van der Waals surface area (Å²) in [5.41, 5.74) is 1.13. The Morgan fingerprint density at radius 3 is 2.58 bits per heavy atom. The summed E-state index contributed by atoms with van der Waals surface area (Å²) in [6, 6.07) is 8.53. The van der Waals surface area contributed by atoms with Crippen LogP contribution in [0.25, 0.3) is 0 Å². The van der Waals surface area contributed by atoms with Gasteiger partial charge in [0.15, 0.2) is 0 Å². The average Bonchev–Trinajstić information content (AvgIpc) is 2.47. The van der Waals surface area contributed by atoms with Gasteiger partial charge in [0.25, 0.3) is 0 Å². The molecule has 0 amide bonds. The Morgan fingerprint density at radius 2 is 1.95 bits per heavy atom. The number of carbonyl (C=O) groups excluding carboxylic acids is 1. The standard InChI is InChI=1S/C14H13NO4/c1-18-14(17)11-6-13(8-15-7-11)19-12-4-2-10(9-16)3-5-12/h2-8,16H,9H2,1H3. The zero-order valence-corrected chi connectivity index (χ0v) is 10.4. The Morgan fingerprint density at radius 1 is 1.21 bits per heavy atom. The number of rotatable bonds is 4. The number of nitrogens with zero attached hydrogens (tertiary/aromatic N) is 1. The van der Waals surface area contributed by atoms with Gasteiger partial charge < -0.3 is 14.6 Å². The SMILES string of the molecule is COC(=O)c1cncc(Oc2ccc(CO)cc2)c1. The third-order valence-electron chi connectivity index (χ3n) is 2.48. The lowest BCUT2D eigenvalue weighted by molar-refractivity contribution is 0.0600. The number of aromatic nitrogens is 1. The quantitative estimate of drug-likeness (QED) is 0.852. The first kappa shape index (κ1) is 13.0. The Labute approximate surface area is 110 Å². The highest BCUT2D eigenvalue weighted by atomic mass is 16.5. The maximum Gasteiger partial charge on any atom is 0.339 e. The van der Waals surface area contributed by atoms with Crippen LogP contribution >= 0.6 is 0 Å². The number of benzene rings is 1. The van der Waals surface area contributed by atoms with Crippen molar-refractivity contribution < 1.29 is 19.4 Å². The number of hydrogen-bond acceptors (Lipinski definition) is 5. The van der Waals surface area contributed by atoms with E-state index in [9.17, 15) is 4.79 Å². The van der Waals surface area contributed by atoms with Crippen molar-refractivity contribution in [1.29, 1.82) is 0 Å². The molecule has 19 heavy (non-hydrogen) atoms. The van der Waals surface area contributed by atoms with E-state index in [1.165, 1.54) is 19.5 Å². The summed E-state index contributed by atoms with van der Waals surface area (Å²) in [5, 5.41) is 8.94.